The quantitative estimate of drug-likeness (QED) is 0.696. The molecule has 0 fully saturated rings. The fraction of sp³-hybridized carbons (Fsp3) is 0.316. The predicted molar refractivity (Wildman–Crippen MR) is 90.6 cm³/mol. The Kier molecular flexibility index (Phi) is 3.88. The van der Waals surface area contributed by atoms with Crippen molar-refractivity contribution in [3.8, 4) is 16.9 Å². The molecule has 0 unspecified atom stereocenters. The second-order valence-electron chi connectivity index (χ2n) is 5.69. The van der Waals surface area contributed by atoms with Crippen LogP contribution in [0.1, 0.15) is 30.3 Å². The maximum atomic E-state index is 5.97. The van der Waals surface area contributed by atoms with Crippen molar-refractivity contribution in [3.05, 3.63) is 53.5 Å². The fourth-order valence-electron chi connectivity index (χ4n) is 2.81. The van der Waals surface area contributed by atoms with Gasteiger partial charge in [0.15, 0.2) is 0 Å². The SMILES string of the molecule is CCCOc1cccc(C)c1-c1cccn2c(C)c(C)nc12. The van der Waals surface area contributed by atoms with Gasteiger partial charge in [-0.2, -0.15) is 0 Å². The number of fused-ring (bicyclic) bond motifs is 1. The highest BCUT2D eigenvalue weighted by Gasteiger charge is 2.15. The lowest BCUT2D eigenvalue weighted by Gasteiger charge is -2.14. The van der Waals surface area contributed by atoms with Crippen LogP contribution in [0.25, 0.3) is 16.8 Å². The van der Waals surface area contributed by atoms with Crippen molar-refractivity contribution < 1.29 is 4.74 Å². The number of benzene rings is 1. The van der Waals surface area contributed by atoms with E-state index in [4.69, 9.17) is 9.72 Å². The highest BCUT2D eigenvalue weighted by molar-refractivity contribution is 5.84. The van der Waals surface area contributed by atoms with Gasteiger partial charge < -0.3 is 9.14 Å². The molecule has 3 aromatic rings. The summed E-state index contributed by atoms with van der Waals surface area (Å²) in [5.74, 6) is 0.938. The number of imidazole rings is 1. The van der Waals surface area contributed by atoms with E-state index in [9.17, 15) is 0 Å². The summed E-state index contributed by atoms with van der Waals surface area (Å²) in [5.41, 5.74) is 6.72. The van der Waals surface area contributed by atoms with Gasteiger partial charge in [-0.05, 0) is 51.0 Å². The van der Waals surface area contributed by atoms with E-state index in [1.165, 1.54) is 11.3 Å². The molecule has 0 atom stereocenters. The molecule has 0 saturated carbocycles. The number of ether oxygens (including phenoxy) is 1. The average Bonchev–Trinajstić information content (AvgIpc) is 2.81. The molecule has 2 heterocycles. The third kappa shape index (κ3) is 2.37. The van der Waals surface area contributed by atoms with Crippen LogP contribution in [-0.4, -0.2) is 16.0 Å². The van der Waals surface area contributed by atoms with Gasteiger partial charge in [0, 0.05) is 23.0 Å². The average molecular weight is 294 g/mol. The van der Waals surface area contributed by atoms with Crippen LogP contribution in [0, 0.1) is 20.8 Å². The molecular formula is C19H22N2O. The Morgan fingerprint density at radius 3 is 2.68 bits per heavy atom. The number of nitrogens with zero attached hydrogens (tertiary/aromatic N) is 2. The fourth-order valence-corrected chi connectivity index (χ4v) is 2.81. The van der Waals surface area contributed by atoms with Crippen molar-refractivity contribution in [1.82, 2.24) is 9.38 Å². The topological polar surface area (TPSA) is 26.5 Å². The molecule has 0 amide bonds. The van der Waals surface area contributed by atoms with E-state index in [1.54, 1.807) is 0 Å². The highest BCUT2D eigenvalue weighted by atomic mass is 16.5. The van der Waals surface area contributed by atoms with Gasteiger partial charge in [-0.15, -0.1) is 0 Å². The lowest BCUT2D eigenvalue weighted by Crippen LogP contribution is -1.99. The first kappa shape index (κ1) is 14.6. The first-order valence-corrected chi connectivity index (χ1v) is 7.80. The molecule has 3 nitrogen and oxygen atoms in total. The molecule has 1 aromatic carbocycles. The number of hydrogen-bond donors (Lipinski definition) is 0. The Balaban J connectivity index is 2.25. The van der Waals surface area contributed by atoms with Gasteiger partial charge in [0.1, 0.15) is 11.4 Å². The molecule has 0 N–H and O–H groups in total. The van der Waals surface area contributed by atoms with Crippen molar-refractivity contribution in [2.45, 2.75) is 34.1 Å². The Morgan fingerprint density at radius 1 is 1.09 bits per heavy atom. The lowest BCUT2D eigenvalue weighted by molar-refractivity contribution is 0.318. The van der Waals surface area contributed by atoms with Crippen molar-refractivity contribution in [3.63, 3.8) is 0 Å². The molecule has 0 bridgehead atoms. The maximum absolute atomic E-state index is 5.97. The van der Waals surface area contributed by atoms with Gasteiger partial charge in [-0.1, -0.05) is 19.1 Å². The zero-order chi connectivity index (χ0) is 15.7. The first-order chi connectivity index (χ1) is 10.6. The molecule has 114 valence electrons. The molecular weight excluding hydrogens is 272 g/mol. The molecule has 0 aliphatic carbocycles. The lowest BCUT2D eigenvalue weighted by atomic mass is 10.0. The number of pyridine rings is 1. The molecule has 22 heavy (non-hydrogen) atoms. The van der Waals surface area contributed by atoms with Gasteiger partial charge in [0.25, 0.3) is 0 Å². The van der Waals surface area contributed by atoms with Gasteiger partial charge in [0.05, 0.1) is 12.3 Å². The zero-order valence-electron chi connectivity index (χ0n) is 13.7. The summed E-state index contributed by atoms with van der Waals surface area (Å²) in [4.78, 5) is 4.76. The molecule has 0 spiro atoms. The molecule has 0 aliphatic rings. The molecule has 3 heteroatoms. The van der Waals surface area contributed by atoms with Crippen LogP contribution < -0.4 is 4.74 Å². The number of hydrogen-bond acceptors (Lipinski definition) is 2. The Morgan fingerprint density at radius 2 is 1.91 bits per heavy atom. The maximum Gasteiger partial charge on any atom is 0.145 e. The monoisotopic (exact) mass is 294 g/mol. The standard InChI is InChI=1S/C19H22N2O/c1-5-12-22-17-10-6-8-13(2)18(17)16-9-7-11-21-15(4)14(3)20-19(16)21/h6-11H,5,12H2,1-4H3. The molecule has 0 saturated heterocycles. The third-order valence-electron chi connectivity index (χ3n) is 4.09. The molecule has 0 radical (unpaired) electrons. The van der Waals surface area contributed by atoms with Gasteiger partial charge in [0.2, 0.25) is 0 Å². The van der Waals surface area contributed by atoms with Crippen LogP contribution in [0.3, 0.4) is 0 Å². The third-order valence-corrected chi connectivity index (χ3v) is 4.09. The number of rotatable bonds is 4. The Hall–Kier alpha value is -2.29. The predicted octanol–water partition coefficient (Wildman–Crippen LogP) is 4.72. The summed E-state index contributed by atoms with van der Waals surface area (Å²) in [5, 5.41) is 0. The number of aromatic nitrogens is 2. The highest BCUT2D eigenvalue weighted by Crippen LogP contribution is 2.36. The van der Waals surface area contributed by atoms with E-state index in [-0.39, 0.29) is 0 Å². The van der Waals surface area contributed by atoms with E-state index in [2.05, 4.69) is 56.5 Å². The summed E-state index contributed by atoms with van der Waals surface area (Å²) in [6.45, 7) is 9.13. The molecule has 0 aliphatic heterocycles. The minimum atomic E-state index is 0.728. The van der Waals surface area contributed by atoms with Crippen LogP contribution in [0.4, 0.5) is 0 Å². The zero-order valence-corrected chi connectivity index (χ0v) is 13.7. The van der Waals surface area contributed by atoms with Gasteiger partial charge >= 0.3 is 0 Å². The Bertz CT molecular complexity index is 818. The molecule has 3 rings (SSSR count). The largest absolute Gasteiger partial charge is 0.493 e. The van der Waals surface area contributed by atoms with Crippen molar-refractivity contribution in [2.24, 2.45) is 0 Å². The van der Waals surface area contributed by atoms with Crippen molar-refractivity contribution >= 4 is 5.65 Å². The summed E-state index contributed by atoms with van der Waals surface area (Å²) >= 11 is 0. The second kappa shape index (κ2) is 5.84. The number of aryl methyl sites for hydroxylation is 3. The smallest absolute Gasteiger partial charge is 0.145 e. The Labute approximate surface area is 131 Å². The van der Waals surface area contributed by atoms with E-state index in [0.717, 1.165) is 41.2 Å². The first-order valence-electron chi connectivity index (χ1n) is 7.80. The van der Waals surface area contributed by atoms with Crippen LogP contribution in [0.2, 0.25) is 0 Å². The van der Waals surface area contributed by atoms with Gasteiger partial charge in [-0.25, -0.2) is 4.98 Å². The summed E-state index contributed by atoms with van der Waals surface area (Å²) in [6, 6.07) is 10.4. The van der Waals surface area contributed by atoms with E-state index in [1.807, 2.05) is 12.1 Å². The normalized spacial score (nSPS) is 11.1. The van der Waals surface area contributed by atoms with E-state index < -0.39 is 0 Å². The van der Waals surface area contributed by atoms with Crippen LogP contribution in [-0.2, 0) is 0 Å². The van der Waals surface area contributed by atoms with Crippen LogP contribution in [0.5, 0.6) is 5.75 Å². The summed E-state index contributed by atoms with van der Waals surface area (Å²) < 4.78 is 8.12. The summed E-state index contributed by atoms with van der Waals surface area (Å²) in [7, 11) is 0. The van der Waals surface area contributed by atoms with E-state index in [0.29, 0.717) is 0 Å². The van der Waals surface area contributed by atoms with Crippen molar-refractivity contribution in [1.29, 1.82) is 0 Å². The second-order valence-corrected chi connectivity index (χ2v) is 5.69. The molecule has 2 aromatic heterocycles. The summed E-state index contributed by atoms with van der Waals surface area (Å²) in [6.07, 6.45) is 3.07. The van der Waals surface area contributed by atoms with E-state index >= 15 is 0 Å². The minimum absolute atomic E-state index is 0.728. The minimum Gasteiger partial charge on any atom is -0.493 e. The van der Waals surface area contributed by atoms with Crippen LogP contribution in [0.15, 0.2) is 36.5 Å². The van der Waals surface area contributed by atoms with Crippen molar-refractivity contribution in [2.75, 3.05) is 6.61 Å². The van der Waals surface area contributed by atoms with Crippen LogP contribution >= 0.6 is 0 Å². The van der Waals surface area contributed by atoms with Gasteiger partial charge in [-0.3, -0.25) is 0 Å².